The minimum Gasteiger partial charge on any atom is -0.488 e. The Morgan fingerprint density at radius 2 is 1.95 bits per heavy atom. The maximum Gasteiger partial charge on any atom is 0.140 e. The maximum absolute atomic E-state index is 13.6. The van der Waals surface area contributed by atoms with Crippen LogP contribution >= 0.6 is 11.3 Å². The number of hydrogen-bond donors (Lipinski definition) is 0. The van der Waals surface area contributed by atoms with Gasteiger partial charge in [-0.15, -0.1) is 11.3 Å². The predicted molar refractivity (Wildman–Crippen MR) is 77.3 cm³/mol. The van der Waals surface area contributed by atoms with Gasteiger partial charge in [0.15, 0.2) is 0 Å². The van der Waals surface area contributed by atoms with E-state index in [1.165, 1.54) is 23.0 Å². The summed E-state index contributed by atoms with van der Waals surface area (Å²) in [6, 6.07) is 15.1. The number of benzene rings is 2. The zero-order valence-electron chi connectivity index (χ0n) is 10.5. The van der Waals surface area contributed by atoms with Crippen molar-refractivity contribution < 1.29 is 9.13 Å². The summed E-state index contributed by atoms with van der Waals surface area (Å²) in [4.78, 5) is 1.03. The molecule has 1 nitrogen and oxygen atoms in total. The summed E-state index contributed by atoms with van der Waals surface area (Å²) in [5.41, 5.74) is 1.17. The third-order valence-electron chi connectivity index (χ3n) is 2.92. The normalized spacial score (nSPS) is 10.8. The van der Waals surface area contributed by atoms with Crippen LogP contribution in [-0.4, -0.2) is 0 Å². The highest BCUT2D eigenvalue weighted by Gasteiger charge is 2.06. The Labute approximate surface area is 115 Å². The Balaban J connectivity index is 1.80. The molecule has 0 unspecified atom stereocenters. The van der Waals surface area contributed by atoms with E-state index in [1.807, 2.05) is 43.3 Å². The van der Waals surface area contributed by atoms with Crippen LogP contribution in [0.15, 0.2) is 48.5 Å². The summed E-state index contributed by atoms with van der Waals surface area (Å²) in [7, 11) is 0. The molecule has 96 valence electrons. The second kappa shape index (κ2) is 5.02. The fourth-order valence-corrected chi connectivity index (χ4v) is 2.99. The van der Waals surface area contributed by atoms with Crippen molar-refractivity contribution in [3.05, 3.63) is 64.8 Å². The van der Waals surface area contributed by atoms with E-state index in [0.717, 1.165) is 16.0 Å². The van der Waals surface area contributed by atoms with Gasteiger partial charge >= 0.3 is 0 Å². The average molecular weight is 272 g/mol. The topological polar surface area (TPSA) is 9.23 Å². The Morgan fingerprint density at radius 3 is 2.74 bits per heavy atom. The fourth-order valence-electron chi connectivity index (χ4n) is 2.01. The Morgan fingerprint density at radius 1 is 1.11 bits per heavy atom. The minimum absolute atomic E-state index is 0.163. The van der Waals surface area contributed by atoms with Crippen molar-refractivity contribution >= 4 is 21.4 Å². The van der Waals surface area contributed by atoms with Gasteiger partial charge in [-0.1, -0.05) is 24.3 Å². The molecule has 0 aliphatic rings. The van der Waals surface area contributed by atoms with Crippen LogP contribution in [-0.2, 0) is 6.61 Å². The zero-order valence-corrected chi connectivity index (χ0v) is 11.3. The first-order chi connectivity index (χ1) is 9.22. The summed E-state index contributed by atoms with van der Waals surface area (Å²) < 4.78 is 20.0. The van der Waals surface area contributed by atoms with Gasteiger partial charge in [-0.3, -0.25) is 0 Å². The van der Waals surface area contributed by atoms with E-state index in [1.54, 1.807) is 6.07 Å². The smallest absolute Gasteiger partial charge is 0.140 e. The van der Waals surface area contributed by atoms with E-state index in [9.17, 15) is 4.39 Å². The first-order valence-corrected chi connectivity index (χ1v) is 6.90. The van der Waals surface area contributed by atoms with Crippen molar-refractivity contribution in [1.82, 2.24) is 0 Å². The van der Waals surface area contributed by atoms with Crippen LogP contribution in [0.4, 0.5) is 4.39 Å². The molecule has 0 bridgehead atoms. The molecule has 0 aliphatic heterocycles. The number of halogens is 1. The second-order valence-electron chi connectivity index (χ2n) is 4.48. The van der Waals surface area contributed by atoms with Crippen molar-refractivity contribution in [2.24, 2.45) is 0 Å². The Bertz CT molecular complexity index is 718. The average Bonchev–Trinajstić information content (AvgIpc) is 2.81. The van der Waals surface area contributed by atoms with Gasteiger partial charge in [-0.05, 0) is 42.1 Å². The lowest BCUT2D eigenvalue weighted by atomic mass is 10.2. The van der Waals surface area contributed by atoms with E-state index in [-0.39, 0.29) is 5.82 Å². The summed E-state index contributed by atoms with van der Waals surface area (Å²) in [5, 5.41) is 0.938. The number of thiophene rings is 1. The standard InChI is InChI=1S/C16H13FOS/c1-11-4-2-6-13(8-11)18-10-14-9-12-5-3-7-15(17)16(12)19-14/h2-9H,10H2,1H3. The van der Waals surface area contributed by atoms with Gasteiger partial charge in [0.05, 0.1) is 4.70 Å². The Hall–Kier alpha value is -1.87. The lowest BCUT2D eigenvalue weighted by Crippen LogP contribution is -1.92. The monoisotopic (exact) mass is 272 g/mol. The van der Waals surface area contributed by atoms with E-state index < -0.39 is 0 Å². The summed E-state index contributed by atoms with van der Waals surface area (Å²) in [5.74, 6) is 0.683. The predicted octanol–water partition coefficient (Wildman–Crippen LogP) is 4.93. The maximum atomic E-state index is 13.6. The highest BCUT2D eigenvalue weighted by Crippen LogP contribution is 2.28. The van der Waals surface area contributed by atoms with Crippen molar-refractivity contribution in [3.63, 3.8) is 0 Å². The molecule has 0 spiro atoms. The van der Waals surface area contributed by atoms with Crippen LogP contribution < -0.4 is 4.74 Å². The van der Waals surface area contributed by atoms with Crippen LogP contribution in [0, 0.1) is 12.7 Å². The van der Waals surface area contributed by atoms with Gasteiger partial charge in [-0.2, -0.15) is 0 Å². The van der Waals surface area contributed by atoms with Crippen molar-refractivity contribution in [2.75, 3.05) is 0 Å². The molecule has 3 aromatic rings. The van der Waals surface area contributed by atoms with E-state index in [0.29, 0.717) is 11.3 Å². The summed E-state index contributed by atoms with van der Waals surface area (Å²) in [6.45, 7) is 2.50. The third kappa shape index (κ3) is 2.61. The van der Waals surface area contributed by atoms with Gasteiger partial charge in [0.1, 0.15) is 18.2 Å². The molecular weight excluding hydrogens is 259 g/mol. The van der Waals surface area contributed by atoms with Crippen molar-refractivity contribution in [2.45, 2.75) is 13.5 Å². The van der Waals surface area contributed by atoms with Crippen LogP contribution in [0.1, 0.15) is 10.4 Å². The van der Waals surface area contributed by atoms with E-state index in [2.05, 4.69) is 0 Å². The summed E-state index contributed by atoms with van der Waals surface area (Å²) >= 11 is 1.45. The van der Waals surface area contributed by atoms with Gasteiger partial charge < -0.3 is 4.74 Å². The molecule has 1 heterocycles. The van der Waals surface area contributed by atoms with Crippen molar-refractivity contribution in [1.29, 1.82) is 0 Å². The number of rotatable bonds is 3. The molecule has 0 saturated heterocycles. The van der Waals surface area contributed by atoms with E-state index >= 15 is 0 Å². The molecule has 19 heavy (non-hydrogen) atoms. The molecule has 2 aromatic carbocycles. The zero-order chi connectivity index (χ0) is 13.2. The van der Waals surface area contributed by atoms with Gasteiger partial charge in [-0.25, -0.2) is 4.39 Å². The second-order valence-corrected chi connectivity index (χ2v) is 5.61. The number of aryl methyl sites for hydroxylation is 1. The Kier molecular flexibility index (Phi) is 3.22. The first-order valence-electron chi connectivity index (χ1n) is 6.09. The SMILES string of the molecule is Cc1cccc(OCc2cc3cccc(F)c3s2)c1. The van der Waals surface area contributed by atoms with Gasteiger partial charge in [0, 0.05) is 4.88 Å². The van der Waals surface area contributed by atoms with Crippen LogP contribution in [0.3, 0.4) is 0 Å². The fraction of sp³-hybridized carbons (Fsp3) is 0.125. The highest BCUT2D eigenvalue weighted by atomic mass is 32.1. The number of ether oxygens (including phenoxy) is 1. The largest absolute Gasteiger partial charge is 0.488 e. The molecule has 0 amide bonds. The van der Waals surface area contributed by atoms with E-state index in [4.69, 9.17) is 4.74 Å². The molecule has 1 aromatic heterocycles. The molecular formula is C16H13FOS. The summed E-state index contributed by atoms with van der Waals surface area (Å²) in [6.07, 6.45) is 0. The highest BCUT2D eigenvalue weighted by molar-refractivity contribution is 7.19. The van der Waals surface area contributed by atoms with Gasteiger partial charge in [0.2, 0.25) is 0 Å². The quantitative estimate of drug-likeness (QED) is 0.657. The van der Waals surface area contributed by atoms with Crippen LogP contribution in [0.5, 0.6) is 5.75 Å². The molecule has 0 saturated carbocycles. The van der Waals surface area contributed by atoms with Gasteiger partial charge in [0.25, 0.3) is 0 Å². The minimum atomic E-state index is -0.163. The third-order valence-corrected chi connectivity index (χ3v) is 4.05. The molecule has 0 N–H and O–H groups in total. The number of hydrogen-bond acceptors (Lipinski definition) is 2. The molecule has 3 heteroatoms. The molecule has 0 atom stereocenters. The van der Waals surface area contributed by atoms with Crippen LogP contribution in [0.25, 0.3) is 10.1 Å². The van der Waals surface area contributed by atoms with Crippen LogP contribution in [0.2, 0.25) is 0 Å². The first kappa shape index (κ1) is 12.2. The number of fused-ring (bicyclic) bond motifs is 1. The van der Waals surface area contributed by atoms with Crippen molar-refractivity contribution in [3.8, 4) is 5.75 Å². The molecule has 0 radical (unpaired) electrons. The lowest BCUT2D eigenvalue weighted by Gasteiger charge is -2.04. The molecule has 0 aliphatic carbocycles. The molecule has 3 rings (SSSR count). The molecule has 0 fully saturated rings. The lowest BCUT2D eigenvalue weighted by molar-refractivity contribution is 0.309.